The Morgan fingerprint density at radius 2 is 1.96 bits per heavy atom. The van der Waals surface area contributed by atoms with Gasteiger partial charge in [0.1, 0.15) is 17.1 Å². The molecule has 0 aliphatic carbocycles. The molecule has 1 heterocycles. The fraction of sp³-hybridized carbons (Fsp3) is 0.188. The van der Waals surface area contributed by atoms with Crippen molar-refractivity contribution in [3.63, 3.8) is 0 Å². The van der Waals surface area contributed by atoms with Crippen molar-refractivity contribution in [2.24, 2.45) is 7.05 Å². The third kappa shape index (κ3) is 3.22. The van der Waals surface area contributed by atoms with Crippen LogP contribution in [0, 0.1) is 0 Å². The monoisotopic (exact) mass is 332 g/mol. The van der Waals surface area contributed by atoms with E-state index < -0.39 is 28.5 Å². The number of aromatic nitrogens is 2. The first-order chi connectivity index (χ1) is 11.4. The highest BCUT2D eigenvalue weighted by Crippen LogP contribution is 2.25. The first-order valence-corrected chi connectivity index (χ1v) is 6.85. The Bertz CT molecular complexity index is 923. The van der Waals surface area contributed by atoms with Crippen molar-refractivity contribution in [3.8, 4) is 17.4 Å². The Morgan fingerprint density at radius 3 is 2.58 bits per heavy atom. The highest BCUT2D eigenvalue weighted by Gasteiger charge is 2.17. The van der Waals surface area contributed by atoms with Gasteiger partial charge >= 0.3 is 5.69 Å². The average molecular weight is 332 g/mol. The summed E-state index contributed by atoms with van der Waals surface area (Å²) < 4.78 is 11.1. The van der Waals surface area contributed by atoms with Gasteiger partial charge in [0.2, 0.25) is 5.88 Å². The number of rotatable bonds is 5. The van der Waals surface area contributed by atoms with Crippen LogP contribution < -0.4 is 20.7 Å². The number of carbonyl (C=O) groups excluding carboxylic acids is 1. The topological polar surface area (TPSA) is 111 Å². The molecule has 0 saturated heterocycles. The van der Waals surface area contributed by atoms with Crippen LogP contribution in [0.3, 0.4) is 0 Å². The third-order valence-electron chi connectivity index (χ3n) is 3.39. The molecule has 0 fully saturated rings. The highest BCUT2D eigenvalue weighted by atomic mass is 16.5. The van der Waals surface area contributed by atoms with Crippen LogP contribution >= 0.6 is 0 Å². The van der Waals surface area contributed by atoms with Crippen LogP contribution in [-0.2, 0) is 7.05 Å². The van der Waals surface area contributed by atoms with E-state index in [2.05, 4.69) is 0 Å². The molecule has 0 atom stereocenters. The van der Waals surface area contributed by atoms with Gasteiger partial charge in [-0.05, 0) is 30.4 Å². The molecular weight excluding hydrogens is 316 g/mol. The van der Waals surface area contributed by atoms with Gasteiger partial charge in [-0.2, -0.15) is 0 Å². The number of carbonyl (C=O) groups is 1. The third-order valence-corrected chi connectivity index (χ3v) is 3.39. The van der Waals surface area contributed by atoms with Crippen LogP contribution in [0.5, 0.6) is 17.4 Å². The van der Waals surface area contributed by atoms with Gasteiger partial charge in [-0.1, -0.05) is 0 Å². The first kappa shape index (κ1) is 17.1. The zero-order chi connectivity index (χ0) is 17.9. The Hall–Kier alpha value is -3.29. The molecule has 0 radical (unpaired) electrons. The van der Waals surface area contributed by atoms with E-state index in [0.29, 0.717) is 17.1 Å². The molecule has 2 N–H and O–H groups in total. The van der Waals surface area contributed by atoms with Crippen molar-refractivity contribution in [2.45, 2.75) is 0 Å². The molecule has 8 heteroatoms. The second-order valence-corrected chi connectivity index (χ2v) is 4.82. The van der Waals surface area contributed by atoms with Crippen LogP contribution in [0.1, 0.15) is 15.9 Å². The zero-order valence-electron chi connectivity index (χ0n) is 13.3. The number of methoxy groups -OCH3 is 2. The number of H-pyrrole nitrogens is 1. The molecule has 1 aromatic carbocycles. The molecule has 24 heavy (non-hydrogen) atoms. The lowest BCUT2D eigenvalue weighted by Crippen LogP contribution is -2.32. The fourth-order valence-corrected chi connectivity index (χ4v) is 2.05. The van der Waals surface area contributed by atoms with E-state index in [4.69, 9.17) is 9.47 Å². The minimum absolute atomic E-state index is 0.499. The normalized spacial score (nSPS) is 10.8. The van der Waals surface area contributed by atoms with Gasteiger partial charge in [0.05, 0.1) is 14.2 Å². The van der Waals surface area contributed by atoms with Crippen molar-refractivity contribution < 1.29 is 19.4 Å². The summed E-state index contributed by atoms with van der Waals surface area (Å²) in [7, 11) is 4.21. The number of benzene rings is 1. The molecule has 0 saturated carbocycles. The molecular formula is C16H16N2O6. The van der Waals surface area contributed by atoms with E-state index in [1.807, 2.05) is 4.98 Å². The molecule has 2 rings (SSSR count). The van der Waals surface area contributed by atoms with Gasteiger partial charge < -0.3 is 14.6 Å². The van der Waals surface area contributed by atoms with Crippen molar-refractivity contribution in [1.82, 2.24) is 9.55 Å². The van der Waals surface area contributed by atoms with E-state index >= 15 is 0 Å². The maximum atomic E-state index is 12.2. The lowest BCUT2D eigenvalue weighted by atomic mass is 10.1. The molecule has 0 aliphatic heterocycles. The number of nitrogens with zero attached hydrogens (tertiary/aromatic N) is 1. The minimum Gasteiger partial charge on any atom is -0.497 e. The van der Waals surface area contributed by atoms with Gasteiger partial charge in [0.15, 0.2) is 5.78 Å². The Morgan fingerprint density at radius 1 is 1.25 bits per heavy atom. The number of aromatic hydroxyl groups is 1. The number of ketones is 1. The quantitative estimate of drug-likeness (QED) is 0.616. The summed E-state index contributed by atoms with van der Waals surface area (Å²) in [5.41, 5.74) is -1.74. The summed E-state index contributed by atoms with van der Waals surface area (Å²) in [5.74, 6) is -0.394. The van der Waals surface area contributed by atoms with Gasteiger partial charge in [-0.25, -0.2) is 4.79 Å². The van der Waals surface area contributed by atoms with Crippen molar-refractivity contribution in [2.75, 3.05) is 14.2 Å². The summed E-state index contributed by atoms with van der Waals surface area (Å²) in [6.45, 7) is 0. The van der Waals surface area contributed by atoms with E-state index in [1.54, 1.807) is 18.2 Å². The highest BCUT2D eigenvalue weighted by molar-refractivity contribution is 6.08. The second-order valence-electron chi connectivity index (χ2n) is 4.82. The van der Waals surface area contributed by atoms with E-state index in [9.17, 15) is 19.5 Å². The van der Waals surface area contributed by atoms with Crippen LogP contribution in [0.4, 0.5) is 0 Å². The van der Waals surface area contributed by atoms with Gasteiger partial charge in [0, 0.05) is 12.6 Å². The van der Waals surface area contributed by atoms with Crippen LogP contribution in [-0.4, -0.2) is 34.7 Å². The predicted octanol–water partition coefficient (Wildman–Crippen LogP) is 0.693. The number of hydrogen-bond acceptors (Lipinski definition) is 6. The summed E-state index contributed by atoms with van der Waals surface area (Å²) in [5, 5.41) is 9.85. The van der Waals surface area contributed by atoms with Gasteiger partial charge in [-0.15, -0.1) is 0 Å². The first-order valence-electron chi connectivity index (χ1n) is 6.85. The van der Waals surface area contributed by atoms with Crippen LogP contribution in [0.25, 0.3) is 6.08 Å². The predicted molar refractivity (Wildman–Crippen MR) is 86.9 cm³/mol. The molecule has 0 aliphatic rings. The number of hydrogen-bond donors (Lipinski definition) is 2. The van der Waals surface area contributed by atoms with Crippen LogP contribution in [0.2, 0.25) is 0 Å². The average Bonchev–Trinajstić information content (AvgIpc) is 2.57. The Balaban J connectivity index is 2.44. The minimum atomic E-state index is -0.956. The van der Waals surface area contributed by atoms with E-state index in [0.717, 1.165) is 10.6 Å². The molecule has 126 valence electrons. The van der Waals surface area contributed by atoms with Gasteiger partial charge in [0.25, 0.3) is 5.56 Å². The molecule has 2 aromatic rings. The maximum Gasteiger partial charge on any atom is 0.330 e. The Kier molecular flexibility index (Phi) is 4.88. The lowest BCUT2D eigenvalue weighted by Gasteiger charge is -2.07. The second kappa shape index (κ2) is 6.86. The maximum absolute atomic E-state index is 12.2. The van der Waals surface area contributed by atoms with Crippen molar-refractivity contribution >= 4 is 11.9 Å². The summed E-state index contributed by atoms with van der Waals surface area (Å²) in [6, 6.07) is 5.01. The smallest absolute Gasteiger partial charge is 0.330 e. The summed E-state index contributed by atoms with van der Waals surface area (Å²) in [6.07, 6.45) is 2.53. The SMILES string of the molecule is COc1ccc(OC)c(C=CC(=O)c2c(O)n(C)c(=O)[nH]c2=O)c1. The molecule has 8 nitrogen and oxygen atoms in total. The fourth-order valence-electron chi connectivity index (χ4n) is 2.05. The standard InChI is InChI=1S/C16H16N2O6/c1-18-15(21)13(14(20)17-16(18)22)11(19)6-4-9-8-10(23-2)5-7-12(9)24-3/h4-8,21H,1-3H3,(H,17,20,22). The molecule has 0 bridgehead atoms. The Labute approximate surface area is 136 Å². The molecule has 0 amide bonds. The largest absolute Gasteiger partial charge is 0.497 e. The zero-order valence-corrected chi connectivity index (χ0v) is 13.3. The summed E-state index contributed by atoms with van der Waals surface area (Å²) in [4.78, 5) is 37.3. The van der Waals surface area contributed by atoms with E-state index in [1.165, 1.54) is 27.3 Å². The molecule has 0 spiro atoms. The van der Waals surface area contributed by atoms with E-state index in [-0.39, 0.29) is 0 Å². The number of nitrogens with one attached hydrogen (secondary N) is 1. The summed E-state index contributed by atoms with van der Waals surface area (Å²) >= 11 is 0. The van der Waals surface area contributed by atoms with Crippen molar-refractivity contribution in [1.29, 1.82) is 0 Å². The number of allylic oxidation sites excluding steroid dienone is 1. The number of ether oxygens (including phenoxy) is 2. The van der Waals surface area contributed by atoms with Crippen molar-refractivity contribution in [3.05, 3.63) is 56.2 Å². The number of aromatic amines is 1. The molecule has 0 unspecified atom stereocenters. The molecule has 1 aromatic heterocycles. The lowest BCUT2D eigenvalue weighted by molar-refractivity contribution is 0.104. The van der Waals surface area contributed by atoms with Crippen LogP contribution in [0.15, 0.2) is 33.9 Å². The van der Waals surface area contributed by atoms with Gasteiger partial charge in [-0.3, -0.25) is 19.1 Å².